The van der Waals surface area contributed by atoms with Crippen LogP contribution in [0.3, 0.4) is 0 Å². The minimum absolute atomic E-state index is 0.0496. The summed E-state index contributed by atoms with van der Waals surface area (Å²) in [4.78, 5) is 14.3. The molecular weight excluding hydrogens is 404 g/mol. The SMILES string of the molecule is CC[n+]1ccc(C=CC(C)=CC=C2Sc3ccccc3N2CC(=O)O)c2ccccc21. The van der Waals surface area contributed by atoms with Gasteiger partial charge in [-0.25, -0.2) is 0 Å². The van der Waals surface area contributed by atoms with Gasteiger partial charge in [0.2, 0.25) is 5.52 Å². The molecule has 31 heavy (non-hydrogen) atoms. The Kier molecular flexibility index (Phi) is 6.23. The zero-order valence-electron chi connectivity index (χ0n) is 17.7. The third-order valence-electron chi connectivity index (χ3n) is 5.24. The molecular formula is C26H25N2O2S+. The first-order valence-electron chi connectivity index (χ1n) is 10.3. The summed E-state index contributed by atoms with van der Waals surface area (Å²) in [6, 6.07) is 18.5. The number of benzene rings is 2. The Hall–Kier alpha value is -3.31. The van der Waals surface area contributed by atoms with Crippen LogP contribution >= 0.6 is 11.8 Å². The number of aromatic nitrogens is 1. The van der Waals surface area contributed by atoms with Crippen LogP contribution in [0.15, 0.2) is 94.5 Å². The number of nitrogens with zero attached hydrogens (tertiary/aromatic N) is 2. The van der Waals surface area contributed by atoms with E-state index in [1.807, 2.05) is 41.3 Å². The van der Waals surface area contributed by atoms with Crippen molar-refractivity contribution >= 4 is 40.4 Å². The van der Waals surface area contributed by atoms with Gasteiger partial charge in [-0.1, -0.05) is 59.8 Å². The molecule has 0 saturated carbocycles. The van der Waals surface area contributed by atoms with E-state index in [1.54, 1.807) is 11.8 Å². The predicted octanol–water partition coefficient (Wildman–Crippen LogP) is 5.65. The molecule has 4 nitrogen and oxygen atoms in total. The summed E-state index contributed by atoms with van der Waals surface area (Å²) in [5.74, 6) is -0.843. The van der Waals surface area contributed by atoms with Gasteiger partial charge in [-0.2, -0.15) is 4.57 Å². The first-order valence-corrected chi connectivity index (χ1v) is 11.1. The molecule has 0 radical (unpaired) electrons. The van der Waals surface area contributed by atoms with Crippen molar-refractivity contribution in [3.63, 3.8) is 0 Å². The Morgan fingerprint density at radius 3 is 2.71 bits per heavy atom. The lowest BCUT2D eigenvalue weighted by Gasteiger charge is -2.17. The summed E-state index contributed by atoms with van der Waals surface area (Å²) >= 11 is 1.60. The molecule has 156 valence electrons. The molecule has 0 fully saturated rings. The van der Waals surface area contributed by atoms with Gasteiger partial charge in [-0.15, -0.1) is 0 Å². The van der Waals surface area contributed by atoms with E-state index < -0.39 is 5.97 Å². The number of carboxylic acids is 1. The number of pyridine rings is 1. The topological polar surface area (TPSA) is 44.4 Å². The lowest BCUT2D eigenvalue weighted by Crippen LogP contribution is -2.32. The second kappa shape index (κ2) is 9.23. The van der Waals surface area contributed by atoms with Crippen LogP contribution in [0.1, 0.15) is 19.4 Å². The summed E-state index contributed by atoms with van der Waals surface area (Å²) in [5, 5.41) is 11.5. The summed E-state index contributed by atoms with van der Waals surface area (Å²) in [5.41, 5.74) is 4.44. The van der Waals surface area contributed by atoms with Crippen molar-refractivity contribution in [2.45, 2.75) is 25.3 Å². The van der Waals surface area contributed by atoms with Gasteiger partial charge in [0.25, 0.3) is 0 Å². The molecule has 3 aromatic rings. The van der Waals surface area contributed by atoms with Crippen molar-refractivity contribution in [1.29, 1.82) is 0 Å². The van der Waals surface area contributed by atoms with Crippen molar-refractivity contribution in [1.82, 2.24) is 0 Å². The van der Waals surface area contributed by atoms with E-state index in [1.165, 1.54) is 16.5 Å². The van der Waals surface area contributed by atoms with E-state index in [4.69, 9.17) is 0 Å². The zero-order valence-corrected chi connectivity index (χ0v) is 18.5. The molecule has 1 aliphatic heterocycles. The van der Waals surface area contributed by atoms with E-state index in [0.29, 0.717) is 0 Å². The highest BCUT2D eigenvalue weighted by atomic mass is 32.2. The van der Waals surface area contributed by atoms with Crippen LogP contribution in [-0.2, 0) is 11.3 Å². The monoisotopic (exact) mass is 429 g/mol. The lowest BCUT2D eigenvalue weighted by atomic mass is 10.1. The maximum atomic E-state index is 11.4. The summed E-state index contributed by atoms with van der Waals surface area (Å²) < 4.78 is 2.24. The molecule has 0 unspecified atom stereocenters. The Morgan fingerprint density at radius 1 is 1.13 bits per heavy atom. The van der Waals surface area contributed by atoms with Crippen LogP contribution in [-0.4, -0.2) is 17.6 Å². The number of aryl methyl sites for hydroxylation is 1. The van der Waals surface area contributed by atoms with E-state index in [2.05, 4.69) is 67.1 Å². The summed E-state index contributed by atoms with van der Waals surface area (Å²) in [6.45, 7) is 5.09. The third-order valence-corrected chi connectivity index (χ3v) is 6.37. The van der Waals surface area contributed by atoms with E-state index >= 15 is 0 Å². The minimum Gasteiger partial charge on any atom is -0.480 e. The third kappa shape index (κ3) is 4.57. The van der Waals surface area contributed by atoms with Crippen molar-refractivity contribution in [2.75, 3.05) is 11.4 Å². The van der Waals surface area contributed by atoms with Gasteiger partial charge in [0, 0.05) is 17.0 Å². The van der Waals surface area contributed by atoms with Crippen molar-refractivity contribution in [2.24, 2.45) is 0 Å². The van der Waals surface area contributed by atoms with Crippen molar-refractivity contribution in [3.05, 3.63) is 95.2 Å². The maximum Gasteiger partial charge on any atom is 0.323 e. The highest BCUT2D eigenvalue weighted by molar-refractivity contribution is 8.03. The number of rotatable bonds is 6. The Bertz CT molecular complexity index is 1230. The van der Waals surface area contributed by atoms with E-state index in [0.717, 1.165) is 27.7 Å². The minimum atomic E-state index is -0.843. The number of carbonyl (C=O) groups is 1. The van der Waals surface area contributed by atoms with Crippen LogP contribution < -0.4 is 9.47 Å². The second-order valence-electron chi connectivity index (χ2n) is 7.37. The highest BCUT2D eigenvalue weighted by Crippen LogP contribution is 2.45. The first kappa shape index (κ1) is 20.9. The number of thioether (sulfide) groups is 1. The number of hydrogen-bond donors (Lipinski definition) is 1. The molecule has 5 heteroatoms. The van der Waals surface area contributed by atoms with Crippen molar-refractivity contribution < 1.29 is 14.5 Å². The van der Waals surface area contributed by atoms with Gasteiger partial charge in [-0.3, -0.25) is 4.79 Å². The smallest absolute Gasteiger partial charge is 0.323 e. The molecule has 0 saturated heterocycles. The Balaban J connectivity index is 1.59. The molecule has 2 heterocycles. The first-order chi connectivity index (χ1) is 15.1. The average Bonchev–Trinajstić information content (AvgIpc) is 3.12. The molecule has 0 aliphatic carbocycles. The molecule has 0 bridgehead atoms. The number of para-hydroxylation sites is 2. The molecule has 0 spiro atoms. The number of carboxylic acid groups (broad SMARTS) is 1. The second-order valence-corrected chi connectivity index (χ2v) is 8.44. The van der Waals surface area contributed by atoms with Crippen LogP contribution in [0.4, 0.5) is 5.69 Å². The Labute approximate surface area is 186 Å². The summed E-state index contributed by atoms with van der Waals surface area (Å²) in [7, 11) is 0. The molecule has 1 aliphatic rings. The van der Waals surface area contributed by atoms with Crippen molar-refractivity contribution in [3.8, 4) is 0 Å². The maximum absolute atomic E-state index is 11.4. The fourth-order valence-corrected chi connectivity index (χ4v) is 4.75. The van der Waals surface area contributed by atoms with E-state index in [-0.39, 0.29) is 6.54 Å². The largest absolute Gasteiger partial charge is 0.480 e. The predicted molar refractivity (Wildman–Crippen MR) is 128 cm³/mol. The van der Waals surface area contributed by atoms with Gasteiger partial charge in [-0.05, 0) is 43.7 Å². The molecule has 1 N–H and O–H groups in total. The molecule has 2 aromatic carbocycles. The van der Waals surface area contributed by atoms with Gasteiger partial charge < -0.3 is 10.0 Å². The average molecular weight is 430 g/mol. The van der Waals surface area contributed by atoms with Gasteiger partial charge in [0.1, 0.15) is 13.1 Å². The molecule has 0 amide bonds. The van der Waals surface area contributed by atoms with Crippen LogP contribution in [0.5, 0.6) is 0 Å². The number of hydrogen-bond acceptors (Lipinski definition) is 3. The molecule has 0 atom stereocenters. The van der Waals surface area contributed by atoms with Crippen LogP contribution in [0.25, 0.3) is 17.0 Å². The fourth-order valence-electron chi connectivity index (χ4n) is 3.68. The lowest BCUT2D eigenvalue weighted by molar-refractivity contribution is -0.667. The fraction of sp³-hybridized carbons (Fsp3) is 0.154. The van der Waals surface area contributed by atoms with Gasteiger partial charge in [0.15, 0.2) is 6.20 Å². The number of anilines is 1. The summed E-state index contributed by atoms with van der Waals surface area (Å²) in [6.07, 6.45) is 10.4. The van der Waals surface area contributed by atoms with Gasteiger partial charge >= 0.3 is 5.97 Å². The van der Waals surface area contributed by atoms with Crippen LogP contribution in [0.2, 0.25) is 0 Å². The number of fused-ring (bicyclic) bond motifs is 2. The highest BCUT2D eigenvalue weighted by Gasteiger charge is 2.25. The molecule has 1 aromatic heterocycles. The standard InChI is InChI=1S/C26H24N2O2S/c1-3-27-17-16-20(21-8-4-5-9-22(21)27)14-12-19(2)13-15-25-28(18-26(29)30)23-10-6-7-11-24(23)31-25/h4-17H,3,18H2,1-2H3/p+1. The number of allylic oxidation sites excluding steroid dienone is 4. The zero-order chi connectivity index (χ0) is 21.8. The normalized spacial score (nSPS) is 15.2. The van der Waals surface area contributed by atoms with Crippen LogP contribution in [0, 0.1) is 0 Å². The van der Waals surface area contributed by atoms with Gasteiger partial charge in [0.05, 0.1) is 16.1 Å². The Morgan fingerprint density at radius 2 is 1.90 bits per heavy atom. The number of aliphatic carboxylic acids is 1. The molecule has 4 rings (SSSR count). The van der Waals surface area contributed by atoms with E-state index in [9.17, 15) is 9.90 Å². The quantitative estimate of drug-likeness (QED) is 0.407.